The van der Waals surface area contributed by atoms with Crippen molar-refractivity contribution in [3.63, 3.8) is 0 Å². The third-order valence-electron chi connectivity index (χ3n) is 4.60. The summed E-state index contributed by atoms with van der Waals surface area (Å²) in [5, 5.41) is 13.9. The summed E-state index contributed by atoms with van der Waals surface area (Å²) < 4.78 is 4.83. The van der Waals surface area contributed by atoms with E-state index < -0.39 is 6.23 Å². The Bertz CT molecular complexity index is 984. The van der Waals surface area contributed by atoms with Crippen LogP contribution < -0.4 is 5.32 Å². The van der Waals surface area contributed by atoms with Gasteiger partial charge < -0.3 is 15.2 Å². The zero-order valence-corrected chi connectivity index (χ0v) is 17.7. The fourth-order valence-electron chi connectivity index (χ4n) is 3.32. The molecule has 29 heavy (non-hydrogen) atoms. The van der Waals surface area contributed by atoms with Crippen molar-refractivity contribution in [3.8, 4) is 0 Å². The molecule has 2 heterocycles. The lowest BCUT2D eigenvalue weighted by Crippen LogP contribution is -2.28. The number of aliphatic imine (C=N–C) groups is 1. The van der Waals surface area contributed by atoms with E-state index in [4.69, 9.17) is 27.9 Å². The molecule has 152 valence electrons. The second-order valence-corrected chi connectivity index (χ2v) is 7.23. The summed E-state index contributed by atoms with van der Waals surface area (Å²) in [6.07, 6.45) is -1.05. The van der Waals surface area contributed by atoms with Gasteiger partial charge in [0.15, 0.2) is 6.23 Å². The van der Waals surface area contributed by atoms with E-state index in [9.17, 15) is 9.90 Å². The molecule has 1 amide bonds. The molecule has 7 heteroatoms. The molecular weight excluding hydrogens is 411 g/mol. The van der Waals surface area contributed by atoms with E-state index in [1.54, 1.807) is 24.3 Å². The van der Waals surface area contributed by atoms with Gasteiger partial charge in [0.05, 0.1) is 12.3 Å². The molecule has 4 rings (SSSR count). The fourth-order valence-corrected chi connectivity index (χ4v) is 3.71. The predicted molar refractivity (Wildman–Crippen MR) is 117 cm³/mol. The Morgan fingerprint density at radius 1 is 1.10 bits per heavy atom. The maximum Gasteiger partial charge on any atom is 0.251 e. The average Bonchev–Trinajstić information content (AvgIpc) is 2.87. The molecule has 0 aliphatic carbocycles. The number of halogens is 2. The molecular formula is C22H22Cl2N2O3. The Hall–Kier alpha value is -2.18. The highest BCUT2D eigenvalue weighted by Gasteiger charge is 2.34. The van der Waals surface area contributed by atoms with Gasteiger partial charge in [-0.05, 0) is 37.6 Å². The van der Waals surface area contributed by atoms with Gasteiger partial charge in [-0.3, -0.25) is 9.79 Å². The minimum atomic E-state index is -1.05. The molecule has 0 bridgehead atoms. The van der Waals surface area contributed by atoms with Crippen LogP contribution in [-0.2, 0) is 9.53 Å². The molecule has 2 N–H and O–H groups in total. The van der Waals surface area contributed by atoms with Crippen molar-refractivity contribution < 1.29 is 14.6 Å². The lowest BCUT2D eigenvalue weighted by Gasteiger charge is -2.15. The number of hydrogen-bond acceptors (Lipinski definition) is 4. The first-order chi connectivity index (χ1) is 14.0. The summed E-state index contributed by atoms with van der Waals surface area (Å²) in [7, 11) is 0. The van der Waals surface area contributed by atoms with E-state index in [1.807, 2.05) is 32.0 Å². The van der Waals surface area contributed by atoms with Crippen LogP contribution in [0.1, 0.15) is 30.5 Å². The molecule has 5 nitrogen and oxygen atoms in total. The number of hydrogen-bond donors (Lipinski definition) is 2. The number of rotatable bonds is 3. The third-order valence-corrected chi connectivity index (χ3v) is 5.16. The maximum absolute atomic E-state index is 12.1. The normalized spacial score (nSPS) is 17.5. The molecule has 2 aliphatic rings. The van der Waals surface area contributed by atoms with E-state index in [1.165, 1.54) is 0 Å². The molecule has 0 fully saturated rings. The van der Waals surface area contributed by atoms with Crippen LogP contribution in [0.4, 0.5) is 0 Å². The van der Waals surface area contributed by atoms with E-state index >= 15 is 0 Å². The van der Waals surface area contributed by atoms with Crippen LogP contribution in [-0.4, -0.2) is 42.7 Å². The number of fused-ring (bicyclic) bond motifs is 2. The molecule has 1 atom stereocenters. The molecule has 2 aromatic rings. The van der Waals surface area contributed by atoms with Crippen molar-refractivity contribution in [1.29, 1.82) is 0 Å². The second-order valence-electron chi connectivity index (χ2n) is 6.38. The van der Waals surface area contributed by atoms with Crippen LogP contribution in [0, 0.1) is 0 Å². The van der Waals surface area contributed by atoms with Gasteiger partial charge >= 0.3 is 0 Å². The van der Waals surface area contributed by atoms with Crippen molar-refractivity contribution in [1.82, 2.24) is 5.32 Å². The fraction of sp³-hybridized carbons (Fsp3) is 0.273. The van der Waals surface area contributed by atoms with Crippen LogP contribution in [0.5, 0.6) is 0 Å². The topological polar surface area (TPSA) is 70.9 Å². The number of amides is 1. The number of ether oxygens (including phenoxy) is 1. The largest absolute Gasteiger partial charge is 0.382 e. The van der Waals surface area contributed by atoms with Gasteiger partial charge in [0.2, 0.25) is 0 Å². The van der Waals surface area contributed by atoms with Crippen LogP contribution in [0.15, 0.2) is 53.0 Å². The summed E-state index contributed by atoms with van der Waals surface area (Å²) in [5.41, 5.74) is 3.92. The molecule has 2 aliphatic heterocycles. The van der Waals surface area contributed by atoms with Gasteiger partial charge in [-0.1, -0.05) is 47.5 Å². The van der Waals surface area contributed by atoms with E-state index in [-0.39, 0.29) is 12.5 Å². The zero-order chi connectivity index (χ0) is 21.0. The average molecular weight is 433 g/mol. The van der Waals surface area contributed by atoms with Crippen LogP contribution >= 0.6 is 23.2 Å². The predicted octanol–water partition coefficient (Wildman–Crippen LogP) is 4.09. The van der Waals surface area contributed by atoms with Crippen LogP contribution in [0.25, 0.3) is 5.57 Å². The van der Waals surface area contributed by atoms with Crippen molar-refractivity contribution in [2.45, 2.75) is 20.1 Å². The number of carbonyl (C=O) groups excluding carboxylic acids is 1. The van der Waals surface area contributed by atoms with E-state index in [2.05, 4.69) is 10.3 Å². The Morgan fingerprint density at radius 2 is 1.83 bits per heavy atom. The Morgan fingerprint density at radius 3 is 2.48 bits per heavy atom. The molecule has 0 saturated carbocycles. The minimum absolute atomic E-state index is 0.172. The van der Waals surface area contributed by atoms with Gasteiger partial charge in [0, 0.05) is 45.5 Å². The Kier molecular flexibility index (Phi) is 7.09. The monoisotopic (exact) mass is 432 g/mol. The van der Waals surface area contributed by atoms with Crippen molar-refractivity contribution in [2.24, 2.45) is 4.99 Å². The van der Waals surface area contributed by atoms with Crippen molar-refractivity contribution in [2.75, 3.05) is 19.8 Å². The molecule has 1 unspecified atom stereocenters. The number of aliphatic hydroxyl groups excluding tert-OH is 1. The van der Waals surface area contributed by atoms with Crippen LogP contribution in [0.2, 0.25) is 10.0 Å². The zero-order valence-electron chi connectivity index (χ0n) is 16.2. The lowest BCUT2D eigenvalue weighted by molar-refractivity contribution is -0.118. The first-order valence-electron chi connectivity index (χ1n) is 9.37. The molecule has 2 aromatic carbocycles. The SMILES string of the molecule is CCOCC.O=C1NC(O)C2=C1CN=C(c1ccccc1Cl)c1cc(Cl)ccc12. The lowest BCUT2D eigenvalue weighted by atomic mass is 9.92. The number of aliphatic hydroxyl groups is 1. The first-order valence-corrected chi connectivity index (χ1v) is 10.1. The minimum Gasteiger partial charge on any atom is -0.382 e. The van der Waals surface area contributed by atoms with Gasteiger partial charge in [-0.2, -0.15) is 0 Å². The summed E-state index contributed by atoms with van der Waals surface area (Å²) >= 11 is 12.5. The van der Waals surface area contributed by atoms with Crippen molar-refractivity contribution >= 4 is 40.4 Å². The smallest absolute Gasteiger partial charge is 0.251 e. The van der Waals surface area contributed by atoms with Gasteiger partial charge in [-0.15, -0.1) is 0 Å². The molecule has 0 spiro atoms. The van der Waals surface area contributed by atoms with Gasteiger partial charge in [0.25, 0.3) is 5.91 Å². The van der Waals surface area contributed by atoms with E-state index in [0.717, 1.165) is 29.9 Å². The molecule has 0 saturated heterocycles. The first kappa shape index (κ1) is 21.5. The standard InChI is InChI=1S/C18H12Cl2N2O2.C4H10O/c19-9-5-6-10-12(7-9)16(11-3-1-2-4-14(11)20)21-8-13-15(10)18(24)22-17(13)23;1-3-5-4-2/h1-7,18,24H,8H2,(H,22,23);3-4H2,1-2H3. The van der Waals surface area contributed by atoms with Gasteiger partial charge in [-0.25, -0.2) is 0 Å². The second kappa shape index (κ2) is 9.55. The summed E-state index contributed by atoms with van der Waals surface area (Å²) in [6, 6.07) is 12.7. The highest BCUT2D eigenvalue weighted by molar-refractivity contribution is 6.36. The summed E-state index contributed by atoms with van der Waals surface area (Å²) in [4.78, 5) is 16.7. The van der Waals surface area contributed by atoms with Gasteiger partial charge in [0.1, 0.15) is 0 Å². The number of carbonyl (C=O) groups is 1. The van der Waals surface area contributed by atoms with Crippen molar-refractivity contribution in [3.05, 3.63) is 74.8 Å². The highest BCUT2D eigenvalue weighted by Crippen LogP contribution is 2.35. The number of nitrogens with zero attached hydrogens (tertiary/aromatic N) is 1. The highest BCUT2D eigenvalue weighted by atomic mass is 35.5. The summed E-state index contributed by atoms with van der Waals surface area (Å²) in [5.74, 6) is -0.303. The van der Waals surface area contributed by atoms with Crippen LogP contribution in [0.3, 0.4) is 0 Å². The molecule has 0 aromatic heterocycles. The number of benzene rings is 2. The maximum atomic E-state index is 12.1. The number of nitrogens with one attached hydrogen (secondary N) is 1. The molecule has 0 radical (unpaired) electrons. The van der Waals surface area contributed by atoms with E-state index in [0.29, 0.717) is 26.9 Å². The quantitative estimate of drug-likeness (QED) is 0.766. The Labute approximate surface area is 180 Å². The summed E-state index contributed by atoms with van der Waals surface area (Å²) in [6.45, 7) is 5.84. The Balaban J connectivity index is 0.000000431. The third kappa shape index (κ3) is 4.54.